The van der Waals surface area contributed by atoms with E-state index in [0.29, 0.717) is 11.6 Å². The zero-order valence-corrected chi connectivity index (χ0v) is 15.3. The lowest BCUT2D eigenvalue weighted by Gasteiger charge is -2.12. The number of primary amides is 1. The molecule has 0 saturated carbocycles. The topological polar surface area (TPSA) is 144 Å². The Morgan fingerprint density at radius 1 is 1.30 bits per heavy atom. The number of nitrogens with two attached hydrogens (primary N) is 1. The average Bonchev–Trinajstić information content (AvgIpc) is 2.95. The predicted molar refractivity (Wildman–Crippen MR) is 102 cm³/mol. The van der Waals surface area contributed by atoms with Gasteiger partial charge in [0.25, 0.3) is 0 Å². The number of rotatable bonds is 7. The monoisotopic (exact) mass is 370 g/mol. The van der Waals surface area contributed by atoms with Crippen LogP contribution in [0.4, 0.5) is 17.6 Å². The van der Waals surface area contributed by atoms with Crippen LogP contribution >= 0.6 is 0 Å². The highest BCUT2D eigenvalue weighted by molar-refractivity contribution is 5.79. The molecule has 3 rings (SSSR count). The van der Waals surface area contributed by atoms with Gasteiger partial charge in [-0.25, -0.2) is 15.0 Å². The molecule has 0 aliphatic rings. The van der Waals surface area contributed by atoms with Crippen LogP contribution in [0, 0.1) is 6.92 Å². The van der Waals surface area contributed by atoms with E-state index >= 15 is 0 Å². The van der Waals surface area contributed by atoms with Crippen molar-refractivity contribution in [3.8, 4) is 0 Å². The fourth-order valence-electron chi connectivity index (χ4n) is 2.77. The van der Waals surface area contributed by atoms with E-state index in [9.17, 15) is 9.90 Å². The van der Waals surface area contributed by atoms with Gasteiger partial charge in [0.2, 0.25) is 11.9 Å². The molecule has 27 heavy (non-hydrogen) atoms. The van der Waals surface area contributed by atoms with Gasteiger partial charge in [-0.2, -0.15) is 4.98 Å². The molecule has 3 heterocycles. The minimum atomic E-state index is -1.31. The van der Waals surface area contributed by atoms with Crippen LogP contribution in [0.1, 0.15) is 25.7 Å². The molecule has 142 valence electrons. The molecular formula is C17H22N8O2. The summed E-state index contributed by atoms with van der Waals surface area (Å²) in [5, 5.41) is 15.3. The maximum absolute atomic E-state index is 10.9. The first-order chi connectivity index (χ1) is 12.8. The smallest absolute Gasteiger partial charge is 0.248 e. The van der Waals surface area contributed by atoms with Gasteiger partial charge in [0.1, 0.15) is 29.1 Å². The highest BCUT2D eigenvalue weighted by Crippen LogP contribution is 2.23. The number of nitrogens with one attached hydrogen (secondary N) is 2. The number of nitrogens with zero attached hydrogens (tertiary/aromatic N) is 5. The molecule has 1 amide bonds. The molecule has 0 aliphatic heterocycles. The zero-order valence-electron chi connectivity index (χ0n) is 15.3. The van der Waals surface area contributed by atoms with Gasteiger partial charge in [-0.1, -0.05) is 0 Å². The summed E-state index contributed by atoms with van der Waals surface area (Å²) in [6.07, 6.45) is 1.96. The van der Waals surface area contributed by atoms with Crippen LogP contribution in [0.25, 0.3) is 11.0 Å². The van der Waals surface area contributed by atoms with E-state index in [2.05, 4.69) is 49.0 Å². The second-order valence-corrected chi connectivity index (χ2v) is 6.37. The molecule has 0 radical (unpaired) electrons. The molecule has 5 N–H and O–H groups in total. The Labute approximate surface area is 155 Å². The van der Waals surface area contributed by atoms with Gasteiger partial charge in [-0.15, -0.1) is 0 Å². The minimum Gasteiger partial charge on any atom is -0.381 e. The SMILES string of the molecule is Cc1nc2cnc(Nc3ccnc(NCC(O)C(N)=O)n3)cc2n1C(C)C. The lowest BCUT2D eigenvalue weighted by Crippen LogP contribution is -2.34. The van der Waals surface area contributed by atoms with Crippen molar-refractivity contribution in [1.82, 2.24) is 24.5 Å². The van der Waals surface area contributed by atoms with Crippen LogP contribution < -0.4 is 16.4 Å². The summed E-state index contributed by atoms with van der Waals surface area (Å²) in [6, 6.07) is 3.88. The number of aliphatic hydroxyl groups excluding tert-OH is 1. The van der Waals surface area contributed by atoms with E-state index in [1.54, 1.807) is 18.5 Å². The first-order valence-electron chi connectivity index (χ1n) is 8.51. The van der Waals surface area contributed by atoms with Crippen molar-refractivity contribution >= 4 is 34.5 Å². The highest BCUT2D eigenvalue weighted by atomic mass is 16.3. The number of aryl methyl sites for hydroxylation is 1. The number of pyridine rings is 1. The molecule has 0 saturated heterocycles. The first kappa shape index (κ1) is 18.5. The Hall–Kier alpha value is -3.27. The summed E-state index contributed by atoms with van der Waals surface area (Å²) in [4.78, 5) is 28.1. The van der Waals surface area contributed by atoms with Crippen LogP contribution in [0.2, 0.25) is 0 Å². The number of aliphatic hydroxyl groups is 1. The summed E-state index contributed by atoms with van der Waals surface area (Å²) in [5.74, 6) is 1.50. The molecule has 10 nitrogen and oxygen atoms in total. The van der Waals surface area contributed by atoms with Crippen molar-refractivity contribution in [1.29, 1.82) is 0 Å². The second-order valence-electron chi connectivity index (χ2n) is 6.37. The molecule has 0 spiro atoms. The van der Waals surface area contributed by atoms with Crippen molar-refractivity contribution in [3.63, 3.8) is 0 Å². The fourth-order valence-corrected chi connectivity index (χ4v) is 2.77. The summed E-state index contributed by atoms with van der Waals surface area (Å²) in [5.41, 5.74) is 6.83. The zero-order chi connectivity index (χ0) is 19.6. The molecule has 0 bridgehead atoms. The molecule has 10 heteroatoms. The van der Waals surface area contributed by atoms with E-state index in [0.717, 1.165) is 16.9 Å². The summed E-state index contributed by atoms with van der Waals surface area (Å²) in [7, 11) is 0. The molecular weight excluding hydrogens is 348 g/mol. The number of amides is 1. The van der Waals surface area contributed by atoms with Gasteiger partial charge < -0.3 is 26.0 Å². The van der Waals surface area contributed by atoms with Crippen LogP contribution in [-0.4, -0.2) is 48.2 Å². The summed E-state index contributed by atoms with van der Waals surface area (Å²) >= 11 is 0. The van der Waals surface area contributed by atoms with Crippen LogP contribution in [-0.2, 0) is 4.79 Å². The molecule has 1 unspecified atom stereocenters. The number of hydrogen-bond donors (Lipinski definition) is 4. The van der Waals surface area contributed by atoms with Crippen molar-refractivity contribution in [3.05, 3.63) is 30.4 Å². The molecule has 0 aliphatic carbocycles. The van der Waals surface area contributed by atoms with E-state index in [1.165, 1.54) is 0 Å². The number of imidazole rings is 1. The number of carbonyl (C=O) groups excluding carboxylic acids is 1. The van der Waals surface area contributed by atoms with Crippen LogP contribution in [0.5, 0.6) is 0 Å². The largest absolute Gasteiger partial charge is 0.381 e. The quantitative estimate of drug-likeness (QED) is 0.484. The fraction of sp³-hybridized carbons (Fsp3) is 0.353. The Balaban J connectivity index is 1.80. The first-order valence-corrected chi connectivity index (χ1v) is 8.51. The standard InChI is InChI=1S/C17H22N8O2/c1-9(2)25-10(3)22-11-7-20-15(6-12(11)25)23-14-4-5-19-17(24-14)21-8-13(26)16(18)27/h4-7,9,13,26H,8H2,1-3H3,(H2,18,27)(H2,19,20,21,23,24). The van der Waals surface area contributed by atoms with E-state index in [4.69, 9.17) is 5.73 Å². The maximum Gasteiger partial charge on any atom is 0.248 e. The van der Waals surface area contributed by atoms with E-state index in [-0.39, 0.29) is 18.5 Å². The van der Waals surface area contributed by atoms with Crippen LogP contribution in [0.15, 0.2) is 24.5 Å². The number of hydrogen-bond acceptors (Lipinski definition) is 8. The normalized spacial score (nSPS) is 12.3. The van der Waals surface area contributed by atoms with Crippen molar-refractivity contribution in [2.75, 3.05) is 17.2 Å². The van der Waals surface area contributed by atoms with E-state index in [1.807, 2.05) is 13.0 Å². The Morgan fingerprint density at radius 2 is 2.07 bits per heavy atom. The Morgan fingerprint density at radius 3 is 2.78 bits per heavy atom. The predicted octanol–water partition coefficient (Wildman–Crippen LogP) is 1.11. The number of aromatic nitrogens is 5. The average molecular weight is 370 g/mol. The molecule has 1 atom stereocenters. The highest BCUT2D eigenvalue weighted by Gasteiger charge is 2.13. The van der Waals surface area contributed by atoms with Gasteiger partial charge in [-0.3, -0.25) is 4.79 Å². The third kappa shape index (κ3) is 4.11. The van der Waals surface area contributed by atoms with Crippen molar-refractivity contribution in [2.24, 2.45) is 5.73 Å². The third-order valence-corrected chi connectivity index (χ3v) is 3.96. The molecule has 0 fully saturated rings. The number of fused-ring (bicyclic) bond motifs is 1. The van der Waals surface area contributed by atoms with Crippen molar-refractivity contribution in [2.45, 2.75) is 32.9 Å². The number of anilines is 3. The Kier molecular flexibility index (Phi) is 5.17. The molecule has 3 aromatic rings. The minimum absolute atomic E-state index is 0.0736. The van der Waals surface area contributed by atoms with Gasteiger partial charge >= 0.3 is 0 Å². The lowest BCUT2D eigenvalue weighted by molar-refractivity contribution is -0.125. The maximum atomic E-state index is 10.9. The third-order valence-electron chi connectivity index (χ3n) is 3.96. The van der Waals surface area contributed by atoms with Crippen molar-refractivity contribution < 1.29 is 9.90 Å². The molecule has 3 aromatic heterocycles. The van der Waals surface area contributed by atoms with E-state index < -0.39 is 12.0 Å². The summed E-state index contributed by atoms with van der Waals surface area (Å²) < 4.78 is 2.14. The van der Waals surface area contributed by atoms with Gasteiger partial charge in [0.15, 0.2) is 0 Å². The Bertz CT molecular complexity index is 969. The van der Waals surface area contributed by atoms with Gasteiger partial charge in [0.05, 0.1) is 18.3 Å². The van der Waals surface area contributed by atoms with Gasteiger partial charge in [-0.05, 0) is 26.8 Å². The van der Waals surface area contributed by atoms with Gasteiger partial charge in [0, 0.05) is 18.3 Å². The van der Waals surface area contributed by atoms with Crippen LogP contribution in [0.3, 0.4) is 0 Å². The number of carbonyl (C=O) groups is 1. The lowest BCUT2D eigenvalue weighted by atomic mass is 10.3. The summed E-state index contributed by atoms with van der Waals surface area (Å²) in [6.45, 7) is 6.10. The molecule has 0 aromatic carbocycles. The second kappa shape index (κ2) is 7.54.